The van der Waals surface area contributed by atoms with Crippen LogP contribution in [0.25, 0.3) is 0 Å². The van der Waals surface area contributed by atoms with Crippen LogP contribution in [0.1, 0.15) is 85.0 Å². The molecule has 0 aromatic heterocycles. The molecule has 1 saturated heterocycles. The number of aliphatic hydroxyl groups is 1. The largest absolute Gasteiger partial charge is 0.393 e. The van der Waals surface area contributed by atoms with Crippen LogP contribution in [-0.4, -0.2) is 30.2 Å². The fraction of sp³-hybridized carbons (Fsp3) is 0.917. The van der Waals surface area contributed by atoms with E-state index >= 15 is 0 Å². The zero-order valence-electron chi connectivity index (χ0n) is 17.7. The first kappa shape index (κ1) is 19.9. The summed E-state index contributed by atoms with van der Waals surface area (Å²) < 4.78 is 12.2. The van der Waals surface area contributed by atoms with E-state index in [0.717, 1.165) is 19.4 Å². The number of hydrogen-bond acceptors (Lipinski definition) is 3. The van der Waals surface area contributed by atoms with Gasteiger partial charge in [-0.15, -0.1) is 0 Å². The minimum Gasteiger partial charge on any atom is -0.393 e. The third-order valence-electron chi connectivity index (χ3n) is 8.24. The van der Waals surface area contributed by atoms with Gasteiger partial charge in [-0.25, -0.2) is 0 Å². The second-order valence-electron chi connectivity index (χ2n) is 10.6. The highest BCUT2D eigenvalue weighted by Gasteiger charge is 2.54. The third-order valence-corrected chi connectivity index (χ3v) is 8.24. The Morgan fingerprint density at radius 2 is 1.89 bits per heavy atom. The molecule has 3 nitrogen and oxygen atoms in total. The molecule has 27 heavy (non-hydrogen) atoms. The summed E-state index contributed by atoms with van der Waals surface area (Å²) in [5.41, 5.74) is 0.429. The van der Waals surface area contributed by atoms with E-state index in [2.05, 4.69) is 32.9 Å². The van der Waals surface area contributed by atoms with Crippen molar-refractivity contribution in [3.05, 3.63) is 12.2 Å². The van der Waals surface area contributed by atoms with Crippen molar-refractivity contribution in [2.45, 2.75) is 103 Å². The van der Waals surface area contributed by atoms with Crippen LogP contribution in [0, 0.1) is 28.6 Å². The van der Waals surface area contributed by atoms with Crippen LogP contribution in [0.5, 0.6) is 0 Å². The van der Waals surface area contributed by atoms with Gasteiger partial charge in [0, 0.05) is 6.61 Å². The number of aliphatic hydroxyl groups excluding tert-OH is 1. The van der Waals surface area contributed by atoms with Crippen LogP contribution in [0.4, 0.5) is 0 Å². The van der Waals surface area contributed by atoms with E-state index in [9.17, 15) is 5.11 Å². The first-order valence-corrected chi connectivity index (χ1v) is 11.5. The van der Waals surface area contributed by atoms with Crippen LogP contribution in [0.3, 0.4) is 0 Å². The number of rotatable bonds is 6. The Kier molecular flexibility index (Phi) is 5.75. The van der Waals surface area contributed by atoms with Gasteiger partial charge in [-0.2, -0.15) is 0 Å². The zero-order valence-corrected chi connectivity index (χ0v) is 17.7. The van der Waals surface area contributed by atoms with Crippen LogP contribution in [0.15, 0.2) is 12.2 Å². The Hall–Kier alpha value is -0.380. The predicted molar refractivity (Wildman–Crippen MR) is 108 cm³/mol. The Morgan fingerprint density at radius 1 is 1.07 bits per heavy atom. The van der Waals surface area contributed by atoms with Gasteiger partial charge in [-0.3, -0.25) is 0 Å². The fourth-order valence-electron chi connectivity index (χ4n) is 6.56. The van der Waals surface area contributed by atoms with Gasteiger partial charge in [-0.1, -0.05) is 39.3 Å². The van der Waals surface area contributed by atoms with Crippen LogP contribution in [-0.2, 0) is 9.47 Å². The van der Waals surface area contributed by atoms with E-state index < -0.39 is 0 Å². The summed E-state index contributed by atoms with van der Waals surface area (Å²) in [6.07, 6.45) is 16.9. The highest BCUT2D eigenvalue weighted by molar-refractivity contribution is 5.12. The molecule has 4 fully saturated rings. The maximum absolute atomic E-state index is 10.6. The molecule has 0 bridgehead atoms. The maximum atomic E-state index is 10.6. The maximum Gasteiger partial charge on any atom is 0.158 e. The summed E-state index contributed by atoms with van der Waals surface area (Å²) in [7, 11) is 0. The summed E-state index contributed by atoms with van der Waals surface area (Å²) in [5.74, 6) is 1.83. The van der Waals surface area contributed by atoms with Gasteiger partial charge in [0.25, 0.3) is 0 Å². The average molecular weight is 377 g/mol. The minimum atomic E-state index is -0.0838. The second kappa shape index (κ2) is 7.80. The van der Waals surface area contributed by atoms with Gasteiger partial charge in [0.1, 0.15) is 0 Å². The molecule has 1 aliphatic heterocycles. The molecule has 0 spiro atoms. The molecule has 6 atom stereocenters. The normalized spacial score (nSPS) is 41.6. The Balaban J connectivity index is 1.44. The van der Waals surface area contributed by atoms with Gasteiger partial charge in [-0.05, 0) is 86.4 Å². The lowest BCUT2D eigenvalue weighted by molar-refractivity contribution is -0.182. The molecule has 0 radical (unpaired) electrons. The summed E-state index contributed by atoms with van der Waals surface area (Å²) in [6.45, 7) is 8.12. The van der Waals surface area contributed by atoms with Crippen molar-refractivity contribution in [3.63, 3.8) is 0 Å². The summed E-state index contributed by atoms with van der Waals surface area (Å²) in [6, 6.07) is 0. The van der Waals surface area contributed by atoms with Gasteiger partial charge in [0.2, 0.25) is 0 Å². The molecule has 154 valence electrons. The molecule has 4 aliphatic rings. The fourth-order valence-corrected chi connectivity index (χ4v) is 6.56. The van der Waals surface area contributed by atoms with Crippen molar-refractivity contribution < 1.29 is 14.6 Å². The lowest BCUT2D eigenvalue weighted by atomic mass is 9.58. The first-order chi connectivity index (χ1) is 12.9. The SMILES string of the molecule is CC(C)(C=CC(OC1CCCCO1)C1CC1)C1CCC2C(O)CCCC21C. The molecule has 4 rings (SSSR count). The van der Waals surface area contributed by atoms with Crippen LogP contribution < -0.4 is 0 Å². The highest BCUT2D eigenvalue weighted by atomic mass is 16.7. The van der Waals surface area contributed by atoms with E-state index in [1.54, 1.807) is 0 Å². The van der Waals surface area contributed by atoms with Gasteiger partial charge in [0.05, 0.1) is 12.2 Å². The molecular weight excluding hydrogens is 336 g/mol. The van der Waals surface area contributed by atoms with E-state index in [-0.39, 0.29) is 29.3 Å². The second-order valence-corrected chi connectivity index (χ2v) is 10.6. The number of hydrogen-bond donors (Lipinski definition) is 1. The van der Waals surface area contributed by atoms with Gasteiger partial charge < -0.3 is 14.6 Å². The molecule has 6 unspecified atom stereocenters. The van der Waals surface area contributed by atoms with Crippen molar-refractivity contribution in [3.8, 4) is 0 Å². The molecule has 0 aromatic carbocycles. The Labute approximate surface area is 165 Å². The lowest BCUT2D eigenvalue weighted by Crippen LogP contribution is -2.43. The van der Waals surface area contributed by atoms with E-state index in [1.165, 1.54) is 51.4 Å². The third kappa shape index (κ3) is 4.16. The molecule has 3 saturated carbocycles. The van der Waals surface area contributed by atoms with E-state index in [0.29, 0.717) is 17.8 Å². The summed E-state index contributed by atoms with van der Waals surface area (Å²) >= 11 is 0. The first-order valence-electron chi connectivity index (χ1n) is 11.5. The quantitative estimate of drug-likeness (QED) is 0.625. The molecule has 1 N–H and O–H groups in total. The molecular formula is C24H40O3. The van der Waals surface area contributed by atoms with Crippen LogP contribution in [0.2, 0.25) is 0 Å². The standard InChI is InChI=1S/C24H40O3/c1-23(2,21-12-11-18-19(25)7-6-14-24(18,21)3)15-13-20(17-9-10-17)27-22-8-4-5-16-26-22/h13,15,17-22,25H,4-12,14,16H2,1-3H3. The van der Waals surface area contributed by atoms with Gasteiger partial charge >= 0.3 is 0 Å². The number of ether oxygens (including phenoxy) is 2. The minimum absolute atomic E-state index is 0.000942. The van der Waals surface area contributed by atoms with Crippen LogP contribution >= 0.6 is 0 Å². The predicted octanol–water partition coefficient (Wildman–Crippen LogP) is 5.47. The van der Waals surface area contributed by atoms with E-state index in [1.807, 2.05) is 0 Å². The topological polar surface area (TPSA) is 38.7 Å². The van der Waals surface area contributed by atoms with Crippen molar-refractivity contribution in [1.82, 2.24) is 0 Å². The lowest BCUT2D eigenvalue weighted by Gasteiger charge is -2.48. The average Bonchev–Trinajstić information content (AvgIpc) is 3.41. The van der Waals surface area contributed by atoms with Gasteiger partial charge in [0.15, 0.2) is 6.29 Å². The van der Waals surface area contributed by atoms with Crippen molar-refractivity contribution in [2.24, 2.45) is 28.6 Å². The molecule has 0 amide bonds. The zero-order chi connectivity index (χ0) is 19.1. The van der Waals surface area contributed by atoms with Crippen molar-refractivity contribution in [1.29, 1.82) is 0 Å². The smallest absolute Gasteiger partial charge is 0.158 e. The molecule has 0 aromatic rings. The highest BCUT2D eigenvalue weighted by Crippen LogP contribution is 2.60. The monoisotopic (exact) mass is 376 g/mol. The molecule has 3 aliphatic carbocycles. The summed E-state index contributed by atoms with van der Waals surface area (Å²) in [5, 5.41) is 10.6. The Morgan fingerprint density at radius 3 is 2.59 bits per heavy atom. The van der Waals surface area contributed by atoms with Crippen molar-refractivity contribution in [2.75, 3.05) is 6.61 Å². The summed E-state index contributed by atoms with van der Waals surface area (Å²) in [4.78, 5) is 0. The Bertz CT molecular complexity index is 532. The van der Waals surface area contributed by atoms with E-state index in [4.69, 9.17) is 9.47 Å². The van der Waals surface area contributed by atoms with Crippen molar-refractivity contribution >= 4 is 0 Å². The number of fused-ring (bicyclic) bond motifs is 1. The molecule has 1 heterocycles. The number of allylic oxidation sites excluding steroid dienone is 1. The molecule has 3 heteroatoms.